The standard InChI is InChI=1S/C14H21NO/c1-11-7-8-12(2)13(9-11)10-15-16-14-5-3-4-6-14/h7-9,14-15H,3-6,10H2,1-2H3. The molecule has 0 spiro atoms. The minimum Gasteiger partial charge on any atom is -0.298 e. The van der Waals surface area contributed by atoms with Crippen molar-refractivity contribution in [1.82, 2.24) is 5.48 Å². The second-order valence-electron chi connectivity index (χ2n) is 4.78. The summed E-state index contributed by atoms with van der Waals surface area (Å²) in [5.41, 5.74) is 7.08. The van der Waals surface area contributed by atoms with Crippen molar-refractivity contribution in [2.45, 2.75) is 52.2 Å². The summed E-state index contributed by atoms with van der Waals surface area (Å²) in [5, 5.41) is 0. The van der Waals surface area contributed by atoms with E-state index in [0.29, 0.717) is 6.10 Å². The van der Waals surface area contributed by atoms with E-state index in [0.717, 1.165) is 6.54 Å². The van der Waals surface area contributed by atoms with Crippen molar-refractivity contribution in [3.8, 4) is 0 Å². The van der Waals surface area contributed by atoms with E-state index in [9.17, 15) is 0 Å². The highest BCUT2D eigenvalue weighted by Gasteiger charge is 2.15. The van der Waals surface area contributed by atoms with Gasteiger partial charge in [0.1, 0.15) is 0 Å². The molecule has 2 heteroatoms. The van der Waals surface area contributed by atoms with Crippen LogP contribution in [0.1, 0.15) is 42.4 Å². The zero-order chi connectivity index (χ0) is 11.4. The fraction of sp³-hybridized carbons (Fsp3) is 0.571. The molecule has 0 bridgehead atoms. The zero-order valence-corrected chi connectivity index (χ0v) is 10.3. The summed E-state index contributed by atoms with van der Waals surface area (Å²) in [7, 11) is 0. The van der Waals surface area contributed by atoms with Crippen LogP contribution in [0.15, 0.2) is 18.2 Å². The van der Waals surface area contributed by atoms with Crippen LogP contribution in [-0.2, 0) is 11.4 Å². The van der Waals surface area contributed by atoms with Gasteiger partial charge in [-0.1, -0.05) is 36.6 Å². The maximum atomic E-state index is 5.65. The fourth-order valence-electron chi connectivity index (χ4n) is 2.23. The van der Waals surface area contributed by atoms with Crippen molar-refractivity contribution in [3.63, 3.8) is 0 Å². The maximum absolute atomic E-state index is 5.65. The molecule has 1 saturated carbocycles. The number of hydrogen-bond acceptors (Lipinski definition) is 2. The van der Waals surface area contributed by atoms with E-state index in [-0.39, 0.29) is 0 Å². The average molecular weight is 219 g/mol. The first kappa shape index (κ1) is 11.6. The molecule has 0 radical (unpaired) electrons. The van der Waals surface area contributed by atoms with E-state index in [1.54, 1.807) is 0 Å². The number of aryl methyl sites for hydroxylation is 2. The van der Waals surface area contributed by atoms with Crippen LogP contribution in [0.25, 0.3) is 0 Å². The minimum absolute atomic E-state index is 0.435. The lowest BCUT2D eigenvalue weighted by molar-refractivity contribution is -0.0244. The monoisotopic (exact) mass is 219 g/mol. The third-order valence-electron chi connectivity index (χ3n) is 3.32. The third-order valence-corrected chi connectivity index (χ3v) is 3.32. The van der Waals surface area contributed by atoms with Gasteiger partial charge < -0.3 is 0 Å². The van der Waals surface area contributed by atoms with Crippen LogP contribution in [0.4, 0.5) is 0 Å². The summed E-state index contributed by atoms with van der Waals surface area (Å²) in [6, 6.07) is 6.54. The average Bonchev–Trinajstić information content (AvgIpc) is 2.76. The SMILES string of the molecule is Cc1ccc(C)c(CNOC2CCCC2)c1. The molecule has 88 valence electrons. The van der Waals surface area contributed by atoms with Gasteiger partial charge in [0.2, 0.25) is 0 Å². The topological polar surface area (TPSA) is 21.3 Å². The molecule has 1 aromatic rings. The number of rotatable bonds is 4. The fourth-order valence-corrected chi connectivity index (χ4v) is 2.23. The van der Waals surface area contributed by atoms with E-state index in [1.165, 1.54) is 42.4 Å². The lowest BCUT2D eigenvalue weighted by Crippen LogP contribution is -2.21. The van der Waals surface area contributed by atoms with E-state index in [1.807, 2.05) is 0 Å². The van der Waals surface area contributed by atoms with Gasteiger partial charge in [0, 0.05) is 6.54 Å². The lowest BCUT2D eigenvalue weighted by atomic mass is 10.1. The van der Waals surface area contributed by atoms with E-state index in [4.69, 9.17) is 4.84 Å². The summed E-state index contributed by atoms with van der Waals surface area (Å²) in [5.74, 6) is 0. The number of benzene rings is 1. The lowest BCUT2D eigenvalue weighted by Gasteiger charge is -2.13. The normalized spacial score (nSPS) is 16.9. The quantitative estimate of drug-likeness (QED) is 0.785. The summed E-state index contributed by atoms with van der Waals surface area (Å²) < 4.78 is 0. The van der Waals surface area contributed by atoms with Crippen LogP contribution in [0.3, 0.4) is 0 Å². The molecule has 1 N–H and O–H groups in total. The van der Waals surface area contributed by atoms with Crippen molar-refractivity contribution >= 4 is 0 Å². The first-order valence-electron chi connectivity index (χ1n) is 6.20. The third kappa shape index (κ3) is 3.06. The molecular formula is C14H21NO. The van der Waals surface area contributed by atoms with Gasteiger partial charge in [-0.2, -0.15) is 5.48 Å². The van der Waals surface area contributed by atoms with Crippen molar-refractivity contribution < 1.29 is 4.84 Å². The Morgan fingerprint density at radius 3 is 2.75 bits per heavy atom. The molecule has 0 aromatic heterocycles. The molecule has 1 aromatic carbocycles. The second kappa shape index (κ2) is 5.46. The number of hydroxylamine groups is 1. The van der Waals surface area contributed by atoms with E-state index < -0.39 is 0 Å². The Hall–Kier alpha value is -0.860. The van der Waals surface area contributed by atoms with Gasteiger partial charge in [0.25, 0.3) is 0 Å². The predicted octanol–water partition coefficient (Wildman–Crippen LogP) is 3.27. The summed E-state index contributed by atoms with van der Waals surface area (Å²) in [6.45, 7) is 5.08. The maximum Gasteiger partial charge on any atom is 0.0790 e. The largest absolute Gasteiger partial charge is 0.298 e. The second-order valence-corrected chi connectivity index (χ2v) is 4.78. The molecule has 1 aliphatic carbocycles. The van der Waals surface area contributed by atoms with Crippen LogP contribution in [0.2, 0.25) is 0 Å². The highest BCUT2D eigenvalue weighted by atomic mass is 16.7. The Bertz CT molecular complexity index is 343. The Kier molecular flexibility index (Phi) is 3.97. The van der Waals surface area contributed by atoms with Gasteiger partial charge in [0.15, 0.2) is 0 Å². The van der Waals surface area contributed by atoms with Gasteiger partial charge in [-0.25, -0.2) is 0 Å². The molecule has 2 rings (SSSR count). The van der Waals surface area contributed by atoms with E-state index in [2.05, 4.69) is 37.5 Å². The molecule has 2 nitrogen and oxygen atoms in total. The predicted molar refractivity (Wildman–Crippen MR) is 66.1 cm³/mol. The highest BCUT2D eigenvalue weighted by molar-refractivity contribution is 5.30. The molecule has 0 saturated heterocycles. The van der Waals surface area contributed by atoms with Crippen LogP contribution in [0, 0.1) is 13.8 Å². The van der Waals surface area contributed by atoms with Crippen molar-refractivity contribution in [1.29, 1.82) is 0 Å². The Balaban J connectivity index is 1.82. The summed E-state index contributed by atoms with van der Waals surface area (Å²) >= 11 is 0. The van der Waals surface area contributed by atoms with Crippen LogP contribution in [0.5, 0.6) is 0 Å². The molecule has 1 aliphatic rings. The van der Waals surface area contributed by atoms with Crippen molar-refractivity contribution in [3.05, 3.63) is 34.9 Å². The molecule has 0 aliphatic heterocycles. The number of hydrogen-bond donors (Lipinski definition) is 1. The smallest absolute Gasteiger partial charge is 0.0790 e. The van der Waals surface area contributed by atoms with Gasteiger partial charge in [-0.3, -0.25) is 4.84 Å². The Labute approximate surface area is 98.0 Å². The van der Waals surface area contributed by atoms with Gasteiger partial charge in [-0.15, -0.1) is 0 Å². The molecule has 0 unspecified atom stereocenters. The van der Waals surface area contributed by atoms with Crippen LogP contribution >= 0.6 is 0 Å². The first-order valence-corrected chi connectivity index (χ1v) is 6.20. The highest BCUT2D eigenvalue weighted by Crippen LogP contribution is 2.20. The Morgan fingerprint density at radius 2 is 2.00 bits per heavy atom. The van der Waals surface area contributed by atoms with Crippen molar-refractivity contribution in [2.24, 2.45) is 0 Å². The van der Waals surface area contributed by atoms with Crippen LogP contribution < -0.4 is 5.48 Å². The molecule has 16 heavy (non-hydrogen) atoms. The Morgan fingerprint density at radius 1 is 1.25 bits per heavy atom. The van der Waals surface area contributed by atoms with Crippen LogP contribution in [-0.4, -0.2) is 6.10 Å². The summed E-state index contributed by atoms with van der Waals surface area (Å²) in [6.07, 6.45) is 5.48. The van der Waals surface area contributed by atoms with Crippen molar-refractivity contribution in [2.75, 3.05) is 0 Å². The molecule has 0 amide bonds. The van der Waals surface area contributed by atoms with Gasteiger partial charge >= 0.3 is 0 Å². The molecule has 0 heterocycles. The first-order chi connectivity index (χ1) is 7.75. The zero-order valence-electron chi connectivity index (χ0n) is 10.3. The minimum atomic E-state index is 0.435. The molecular weight excluding hydrogens is 198 g/mol. The summed E-state index contributed by atoms with van der Waals surface area (Å²) in [4.78, 5) is 5.65. The number of nitrogens with one attached hydrogen (secondary N) is 1. The van der Waals surface area contributed by atoms with E-state index >= 15 is 0 Å². The van der Waals surface area contributed by atoms with Gasteiger partial charge in [-0.05, 0) is 37.8 Å². The molecule has 1 fully saturated rings. The molecule has 0 atom stereocenters. The van der Waals surface area contributed by atoms with Gasteiger partial charge in [0.05, 0.1) is 6.10 Å².